The number of nitrogens with one attached hydrogen (secondary N) is 1. The minimum atomic E-state index is -0.365. The molecule has 0 aromatic carbocycles. The predicted octanol–water partition coefficient (Wildman–Crippen LogP) is 1.20. The van der Waals surface area contributed by atoms with E-state index in [0.717, 1.165) is 17.8 Å². The molecule has 1 fully saturated rings. The van der Waals surface area contributed by atoms with Gasteiger partial charge in [-0.25, -0.2) is 0 Å². The van der Waals surface area contributed by atoms with Gasteiger partial charge < -0.3 is 19.4 Å². The van der Waals surface area contributed by atoms with Gasteiger partial charge in [0.1, 0.15) is 12.8 Å². The van der Waals surface area contributed by atoms with Gasteiger partial charge in [0, 0.05) is 43.4 Å². The number of likely N-dealkylation sites (N-methyl/N-ethyl adjacent to an activating group) is 1. The first-order valence-electron chi connectivity index (χ1n) is 8.87. The molecule has 1 aromatic heterocycles. The third-order valence-corrected chi connectivity index (χ3v) is 4.51. The lowest BCUT2D eigenvalue weighted by molar-refractivity contribution is -0.145. The van der Waals surface area contributed by atoms with Gasteiger partial charge in [-0.15, -0.1) is 0 Å². The zero-order valence-corrected chi connectivity index (χ0v) is 15.8. The zero-order chi connectivity index (χ0) is 18.7. The Bertz CT molecular complexity index is 651. The minimum absolute atomic E-state index is 0.0963. The summed E-state index contributed by atoms with van der Waals surface area (Å²) >= 11 is 0. The lowest BCUT2D eigenvalue weighted by Crippen LogP contribution is -2.54. The first-order chi connectivity index (χ1) is 12.4. The third kappa shape index (κ3) is 4.13. The van der Waals surface area contributed by atoms with Crippen molar-refractivity contribution >= 4 is 11.7 Å². The molecule has 8 heteroatoms. The quantitative estimate of drug-likeness (QED) is 0.868. The minimum Gasteiger partial charge on any atom is -0.366 e. The molecular weight excluding hydrogens is 334 g/mol. The summed E-state index contributed by atoms with van der Waals surface area (Å²) in [5.41, 5.74) is 0.591. The number of aromatic nitrogens is 1. The average molecular weight is 361 g/mol. The summed E-state index contributed by atoms with van der Waals surface area (Å²) in [6, 6.07) is 3.79. The molecule has 2 atom stereocenters. The Balaban J connectivity index is 1.45. The Morgan fingerprint density at radius 3 is 2.73 bits per heavy atom. The Morgan fingerprint density at radius 2 is 2.12 bits per heavy atom. The molecule has 1 N–H and O–H groups in total. The van der Waals surface area contributed by atoms with E-state index in [1.54, 1.807) is 12.4 Å². The number of carbonyl (C=O) groups is 1. The highest BCUT2D eigenvalue weighted by Gasteiger charge is 2.32. The van der Waals surface area contributed by atoms with E-state index in [4.69, 9.17) is 9.57 Å². The molecule has 1 saturated heterocycles. The lowest BCUT2D eigenvalue weighted by atomic mass is 9.94. The number of hydrogen-bond acceptors (Lipinski definition) is 7. The maximum atomic E-state index is 12.3. The molecule has 2 unspecified atom stereocenters. The molecule has 3 rings (SSSR count). The maximum Gasteiger partial charge on any atom is 0.228 e. The van der Waals surface area contributed by atoms with Crippen molar-refractivity contribution in [3.63, 3.8) is 0 Å². The van der Waals surface area contributed by atoms with Gasteiger partial charge in [0.05, 0.1) is 6.67 Å². The molecular formula is C18H27N5O3. The Labute approximate surface area is 154 Å². The highest BCUT2D eigenvalue weighted by molar-refractivity contribution is 5.98. The van der Waals surface area contributed by atoms with Crippen molar-refractivity contribution in [3.05, 3.63) is 30.1 Å². The molecule has 142 valence electrons. The van der Waals surface area contributed by atoms with Crippen LogP contribution in [0, 0.1) is 5.41 Å². The third-order valence-electron chi connectivity index (χ3n) is 4.51. The van der Waals surface area contributed by atoms with Crippen LogP contribution >= 0.6 is 0 Å². The molecule has 2 aliphatic rings. The number of carbonyl (C=O) groups excluding carboxylic acids is 1. The summed E-state index contributed by atoms with van der Waals surface area (Å²) in [6.45, 7) is 7.39. The molecule has 0 radical (unpaired) electrons. The first-order valence-corrected chi connectivity index (χ1v) is 8.87. The van der Waals surface area contributed by atoms with Gasteiger partial charge in [0.25, 0.3) is 0 Å². The van der Waals surface area contributed by atoms with E-state index < -0.39 is 0 Å². The summed E-state index contributed by atoms with van der Waals surface area (Å²) in [5, 5.41) is 7.42. The largest absolute Gasteiger partial charge is 0.366 e. The highest BCUT2D eigenvalue weighted by Crippen LogP contribution is 2.20. The van der Waals surface area contributed by atoms with Crippen LogP contribution in [0.2, 0.25) is 0 Å². The van der Waals surface area contributed by atoms with Crippen molar-refractivity contribution in [2.75, 3.05) is 26.9 Å². The summed E-state index contributed by atoms with van der Waals surface area (Å²) in [5.74, 6) is 0.914. The second-order valence-electron chi connectivity index (χ2n) is 7.61. The number of amides is 1. The van der Waals surface area contributed by atoms with Crippen molar-refractivity contribution in [1.29, 1.82) is 0 Å². The summed E-state index contributed by atoms with van der Waals surface area (Å²) in [4.78, 5) is 25.6. The fourth-order valence-corrected chi connectivity index (χ4v) is 2.94. The summed E-state index contributed by atoms with van der Waals surface area (Å²) < 4.78 is 5.93. The van der Waals surface area contributed by atoms with Crippen LogP contribution < -0.4 is 5.32 Å². The van der Waals surface area contributed by atoms with E-state index in [2.05, 4.69) is 15.5 Å². The van der Waals surface area contributed by atoms with Gasteiger partial charge >= 0.3 is 0 Å². The van der Waals surface area contributed by atoms with E-state index in [0.29, 0.717) is 19.8 Å². The fraction of sp³-hybridized carbons (Fsp3) is 0.611. The van der Waals surface area contributed by atoms with Crippen molar-refractivity contribution in [3.8, 4) is 0 Å². The molecule has 0 spiro atoms. The second-order valence-corrected chi connectivity index (χ2v) is 7.61. The first kappa shape index (κ1) is 18.6. The fourth-order valence-electron chi connectivity index (χ4n) is 2.94. The predicted molar refractivity (Wildman–Crippen MR) is 96.9 cm³/mol. The van der Waals surface area contributed by atoms with Gasteiger partial charge in [-0.1, -0.05) is 25.9 Å². The van der Waals surface area contributed by atoms with Gasteiger partial charge in [0.15, 0.2) is 5.84 Å². The van der Waals surface area contributed by atoms with Crippen LogP contribution in [0.25, 0.3) is 0 Å². The van der Waals surface area contributed by atoms with E-state index in [1.165, 1.54) is 0 Å². The average Bonchev–Trinajstić information content (AvgIpc) is 3.00. The Hall–Kier alpha value is -2.19. The highest BCUT2D eigenvalue weighted by atomic mass is 16.7. The van der Waals surface area contributed by atoms with Crippen LogP contribution in [0.3, 0.4) is 0 Å². The monoisotopic (exact) mass is 361 g/mol. The van der Waals surface area contributed by atoms with E-state index in [9.17, 15) is 4.79 Å². The van der Waals surface area contributed by atoms with Gasteiger partial charge in [0.2, 0.25) is 12.1 Å². The number of nitrogens with zero attached hydrogens (tertiary/aromatic N) is 4. The summed E-state index contributed by atoms with van der Waals surface area (Å²) in [7, 11) is 1.93. The molecule has 2 aliphatic heterocycles. The van der Waals surface area contributed by atoms with Crippen molar-refractivity contribution in [1.82, 2.24) is 20.1 Å². The SMILES string of the molecule is CN1C(c2ccncc2)=NOC1COC1CCN(C(=O)C(C)(C)C)CN1. The Morgan fingerprint density at radius 1 is 1.38 bits per heavy atom. The molecule has 0 bridgehead atoms. The normalized spacial score (nSPS) is 23.6. The molecule has 1 amide bonds. The topological polar surface area (TPSA) is 79.3 Å². The molecule has 0 saturated carbocycles. The number of amidine groups is 1. The van der Waals surface area contributed by atoms with E-state index in [-0.39, 0.29) is 23.8 Å². The van der Waals surface area contributed by atoms with Crippen molar-refractivity contribution in [2.24, 2.45) is 10.6 Å². The number of oxime groups is 1. The standard InChI is InChI=1S/C18H27N5O3/c1-18(2,3)17(24)23-10-7-14(20-12-23)25-11-15-22(4)16(21-26-15)13-5-8-19-9-6-13/h5-6,8-9,14-15,20H,7,10-12H2,1-4H3. The van der Waals surface area contributed by atoms with Crippen LogP contribution in [0.15, 0.2) is 29.7 Å². The summed E-state index contributed by atoms with van der Waals surface area (Å²) in [6.07, 6.45) is 3.84. The molecule has 0 aliphatic carbocycles. The van der Waals surface area contributed by atoms with Crippen LogP contribution in [0.1, 0.15) is 32.8 Å². The number of rotatable bonds is 4. The molecule has 1 aromatic rings. The van der Waals surface area contributed by atoms with Crippen molar-refractivity contribution in [2.45, 2.75) is 39.6 Å². The van der Waals surface area contributed by atoms with E-state index >= 15 is 0 Å². The smallest absolute Gasteiger partial charge is 0.228 e. The number of ether oxygens (including phenoxy) is 1. The number of hydrogen-bond donors (Lipinski definition) is 1. The second kappa shape index (κ2) is 7.59. The Kier molecular flexibility index (Phi) is 5.43. The zero-order valence-electron chi connectivity index (χ0n) is 15.8. The molecule has 3 heterocycles. The van der Waals surface area contributed by atoms with Gasteiger partial charge in [-0.05, 0) is 12.1 Å². The van der Waals surface area contributed by atoms with Crippen LogP contribution in [-0.4, -0.2) is 65.9 Å². The van der Waals surface area contributed by atoms with Gasteiger partial charge in [-0.2, -0.15) is 0 Å². The van der Waals surface area contributed by atoms with E-state index in [1.807, 2.05) is 49.8 Å². The number of pyridine rings is 1. The van der Waals surface area contributed by atoms with Gasteiger partial charge in [-0.3, -0.25) is 15.1 Å². The van der Waals surface area contributed by atoms with Crippen LogP contribution in [-0.2, 0) is 14.4 Å². The van der Waals surface area contributed by atoms with Crippen LogP contribution in [0.4, 0.5) is 0 Å². The van der Waals surface area contributed by atoms with Crippen LogP contribution in [0.5, 0.6) is 0 Å². The van der Waals surface area contributed by atoms with Crippen molar-refractivity contribution < 1.29 is 14.4 Å². The maximum absolute atomic E-state index is 12.3. The molecule has 8 nitrogen and oxygen atoms in total. The lowest BCUT2D eigenvalue weighted by Gasteiger charge is -2.36. The molecule has 26 heavy (non-hydrogen) atoms.